The molecule has 1 saturated carbocycles. The van der Waals surface area contributed by atoms with Gasteiger partial charge in [0.1, 0.15) is 11.3 Å². The highest BCUT2D eigenvalue weighted by atomic mass is 16.5. The van der Waals surface area contributed by atoms with Crippen LogP contribution in [0.5, 0.6) is 11.5 Å². The molecule has 3 aromatic rings. The molecule has 4 rings (SSSR count). The molecule has 0 unspecified atom stereocenters. The summed E-state index contributed by atoms with van der Waals surface area (Å²) in [6.07, 6.45) is 5.08. The molecule has 0 aliphatic heterocycles. The molecule has 8 heteroatoms. The van der Waals surface area contributed by atoms with E-state index in [0.29, 0.717) is 28.3 Å². The van der Waals surface area contributed by atoms with Crippen molar-refractivity contribution in [3.05, 3.63) is 53.3 Å². The standard InChI is InChI=1S/C20H20N4O4/c1-11-9-14(5-6-16(11)23-20(27)22-13-3-4-13)28-17-7-8-21-24-10-15(19(25)26)12(2)18(17)24/h5-10,13H,3-4H2,1-2H3,(H,25,26)(H2,22,23,27). The number of rotatable bonds is 5. The molecule has 2 heterocycles. The molecule has 0 spiro atoms. The molecular formula is C20H20N4O4. The Balaban J connectivity index is 1.58. The first-order valence-electron chi connectivity index (χ1n) is 8.98. The first kappa shape index (κ1) is 17.8. The number of benzene rings is 1. The van der Waals surface area contributed by atoms with Crippen molar-refractivity contribution in [2.75, 3.05) is 5.32 Å². The number of nitrogens with zero attached hydrogens (tertiary/aromatic N) is 2. The van der Waals surface area contributed by atoms with Crippen LogP contribution in [0.4, 0.5) is 10.5 Å². The normalized spacial score (nSPS) is 13.4. The first-order valence-corrected chi connectivity index (χ1v) is 8.98. The van der Waals surface area contributed by atoms with Crippen LogP contribution in [0.1, 0.15) is 34.3 Å². The van der Waals surface area contributed by atoms with E-state index in [1.165, 1.54) is 10.7 Å². The summed E-state index contributed by atoms with van der Waals surface area (Å²) < 4.78 is 7.50. The Morgan fingerprint density at radius 3 is 2.71 bits per heavy atom. The van der Waals surface area contributed by atoms with Gasteiger partial charge in [-0.15, -0.1) is 0 Å². The Morgan fingerprint density at radius 1 is 1.25 bits per heavy atom. The van der Waals surface area contributed by atoms with Crippen molar-refractivity contribution in [2.45, 2.75) is 32.7 Å². The molecule has 3 N–H and O–H groups in total. The number of ether oxygens (including phenoxy) is 1. The van der Waals surface area contributed by atoms with Crippen LogP contribution in [0.2, 0.25) is 0 Å². The lowest BCUT2D eigenvalue weighted by Gasteiger charge is -2.12. The number of hydrogen-bond acceptors (Lipinski definition) is 4. The first-order chi connectivity index (χ1) is 13.4. The molecule has 2 amide bonds. The number of urea groups is 1. The van der Waals surface area contributed by atoms with Crippen LogP contribution in [-0.2, 0) is 0 Å². The van der Waals surface area contributed by atoms with Crippen LogP contribution < -0.4 is 15.4 Å². The largest absolute Gasteiger partial charge is 0.478 e. The minimum Gasteiger partial charge on any atom is -0.478 e. The van der Waals surface area contributed by atoms with E-state index in [1.807, 2.05) is 13.0 Å². The fourth-order valence-corrected chi connectivity index (χ4v) is 3.06. The van der Waals surface area contributed by atoms with Crippen molar-refractivity contribution in [3.8, 4) is 11.5 Å². The number of carboxylic acids is 1. The van der Waals surface area contributed by atoms with Crippen LogP contribution in [0, 0.1) is 13.8 Å². The second kappa shape index (κ2) is 6.88. The van der Waals surface area contributed by atoms with E-state index < -0.39 is 5.97 Å². The fraction of sp³-hybridized carbons (Fsp3) is 0.250. The highest BCUT2D eigenvalue weighted by molar-refractivity contribution is 5.93. The SMILES string of the molecule is Cc1cc(Oc2ccnn3cc(C(=O)O)c(C)c23)ccc1NC(=O)NC1CC1. The van der Waals surface area contributed by atoms with E-state index in [-0.39, 0.29) is 17.6 Å². The topological polar surface area (TPSA) is 105 Å². The molecule has 2 aromatic heterocycles. The Labute approximate surface area is 161 Å². The maximum Gasteiger partial charge on any atom is 0.337 e. The van der Waals surface area contributed by atoms with Gasteiger partial charge in [0, 0.05) is 24.0 Å². The maximum absolute atomic E-state index is 11.9. The van der Waals surface area contributed by atoms with Crippen molar-refractivity contribution in [1.82, 2.24) is 14.9 Å². The van der Waals surface area contributed by atoms with Gasteiger partial charge in [-0.25, -0.2) is 14.1 Å². The van der Waals surface area contributed by atoms with E-state index in [1.54, 1.807) is 31.3 Å². The zero-order chi connectivity index (χ0) is 19.8. The van der Waals surface area contributed by atoms with E-state index in [4.69, 9.17) is 4.74 Å². The second-order valence-electron chi connectivity index (χ2n) is 6.91. The number of aryl methyl sites for hydroxylation is 2. The molecule has 144 valence electrons. The fourth-order valence-electron chi connectivity index (χ4n) is 3.06. The Morgan fingerprint density at radius 2 is 2.04 bits per heavy atom. The average Bonchev–Trinajstić information content (AvgIpc) is 3.38. The molecule has 0 saturated heterocycles. The summed E-state index contributed by atoms with van der Waals surface area (Å²) in [4.78, 5) is 23.3. The lowest BCUT2D eigenvalue weighted by molar-refractivity contribution is 0.0696. The summed E-state index contributed by atoms with van der Waals surface area (Å²) in [7, 11) is 0. The highest BCUT2D eigenvalue weighted by Crippen LogP contribution is 2.31. The molecule has 1 aliphatic rings. The van der Waals surface area contributed by atoms with Gasteiger partial charge in [0.2, 0.25) is 0 Å². The van der Waals surface area contributed by atoms with Crippen LogP contribution in [0.3, 0.4) is 0 Å². The Bertz CT molecular complexity index is 1090. The van der Waals surface area contributed by atoms with Gasteiger partial charge in [-0.2, -0.15) is 5.10 Å². The van der Waals surface area contributed by atoms with E-state index in [2.05, 4.69) is 15.7 Å². The molecule has 8 nitrogen and oxygen atoms in total. The number of fused-ring (bicyclic) bond motifs is 1. The summed E-state index contributed by atoms with van der Waals surface area (Å²) in [5.41, 5.74) is 2.93. The summed E-state index contributed by atoms with van der Waals surface area (Å²) >= 11 is 0. The summed E-state index contributed by atoms with van der Waals surface area (Å²) in [6, 6.07) is 7.13. The zero-order valence-electron chi connectivity index (χ0n) is 15.5. The van der Waals surface area contributed by atoms with Crippen LogP contribution in [-0.4, -0.2) is 32.8 Å². The minimum atomic E-state index is -1.01. The summed E-state index contributed by atoms with van der Waals surface area (Å²) in [5, 5.41) is 19.2. The number of anilines is 1. The molecule has 28 heavy (non-hydrogen) atoms. The summed E-state index contributed by atoms with van der Waals surface area (Å²) in [5.74, 6) is 0.0764. The smallest absolute Gasteiger partial charge is 0.337 e. The van der Waals surface area contributed by atoms with Crippen molar-refractivity contribution in [1.29, 1.82) is 0 Å². The maximum atomic E-state index is 11.9. The number of hydrogen-bond donors (Lipinski definition) is 3. The van der Waals surface area contributed by atoms with E-state index >= 15 is 0 Å². The molecule has 1 aliphatic carbocycles. The predicted octanol–water partition coefficient (Wildman–Crippen LogP) is 3.73. The monoisotopic (exact) mass is 380 g/mol. The molecule has 0 radical (unpaired) electrons. The van der Waals surface area contributed by atoms with E-state index in [9.17, 15) is 14.7 Å². The van der Waals surface area contributed by atoms with Gasteiger partial charge >= 0.3 is 12.0 Å². The van der Waals surface area contributed by atoms with Crippen LogP contribution >= 0.6 is 0 Å². The number of carboxylic acid groups (broad SMARTS) is 1. The van der Waals surface area contributed by atoms with Gasteiger partial charge in [-0.05, 0) is 56.0 Å². The minimum absolute atomic E-state index is 0.181. The van der Waals surface area contributed by atoms with Gasteiger partial charge in [-0.3, -0.25) is 0 Å². The third kappa shape index (κ3) is 3.48. The molecular weight excluding hydrogens is 360 g/mol. The Hall–Kier alpha value is -3.55. The van der Waals surface area contributed by atoms with Crippen molar-refractivity contribution >= 4 is 23.2 Å². The average molecular weight is 380 g/mol. The van der Waals surface area contributed by atoms with Gasteiger partial charge < -0.3 is 20.5 Å². The third-order valence-electron chi connectivity index (χ3n) is 4.71. The number of carbonyl (C=O) groups excluding carboxylic acids is 1. The Kier molecular flexibility index (Phi) is 4.38. The van der Waals surface area contributed by atoms with Gasteiger partial charge in [0.05, 0.1) is 11.8 Å². The zero-order valence-corrected chi connectivity index (χ0v) is 15.5. The highest BCUT2D eigenvalue weighted by Gasteiger charge is 2.23. The molecule has 1 fully saturated rings. The van der Waals surface area contributed by atoms with Crippen LogP contribution in [0.15, 0.2) is 36.7 Å². The summed E-state index contributed by atoms with van der Waals surface area (Å²) in [6.45, 7) is 3.61. The van der Waals surface area contributed by atoms with Crippen molar-refractivity contribution in [3.63, 3.8) is 0 Å². The number of carbonyl (C=O) groups is 2. The molecule has 0 atom stereocenters. The number of aromatic nitrogens is 2. The quantitative estimate of drug-likeness (QED) is 0.626. The number of aromatic carboxylic acids is 1. The number of nitrogens with one attached hydrogen (secondary N) is 2. The predicted molar refractivity (Wildman–Crippen MR) is 103 cm³/mol. The molecule has 0 bridgehead atoms. The van der Waals surface area contributed by atoms with Gasteiger partial charge in [0.15, 0.2) is 5.75 Å². The molecule has 1 aromatic carbocycles. The lowest BCUT2D eigenvalue weighted by Crippen LogP contribution is -2.30. The lowest BCUT2D eigenvalue weighted by atomic mass is 10.2. The van der Waals surface area contributed by atoms with Crippen LogP contribution in [0.25, 0.3) is 5.52 Å². The van der Waals surface area contributed by atoms with Gasteiger partial charge in [0.25, 0.3) is 0 Å². The van der Waals surface area contributed by atoms with Crippen molar-refractivity contribution < 1.29 is 19.4 Å². The third-order valence-corrected chi connectivity index (χ3v) is 4.71. The second-order valence-corrected chi connectivity index (χ2v) is 6.91. The number of amides is 2. The van der Waals surface area contributed by atoms with Gasteiger partial charge in [-0.1, -0.05) is 0 Å². The van der Waals surface area contributed by atoms with Crippen molar-refractivity contribution in [2.24, 2.45) is 0 Å². The van der Waals surface area contributed by atoms with E-state index in [0.717, 1.165) is 18.4 Å².